The first-order valence-electron chi connectivity index (χ1n) is 11.7. The summed E-state index contributed by atoms with van der Waals surface area (Å²) in [5.74, 6) is -1.61. The lowest BCUT2D eigenvalue weighted by Crippen LogP contribution is -2.46. The van der Waals surface area contributed by atoms with Crippen LogP contribution in [0.2, 0.25) is 0 Å². The van der Waals surface area contributed by atoms with Crippen molar-refractivity contribution < 1.29 is 36.0 Å². The molecule has 204 valence electrons. The molecule has 39 heavy (non-hydrogen) atoms. The van der Waals surface area contributed by atoms with Crippen molar-refractivity contribution in [2.75, 3.05) is 11.4 Å². The molecule has 1 unspecified atom stereocenters. The summed E-state index contributed by atoms with van der Waals surface area (Å²) >= 11 is 0. The number of sulfonamides is 2. The molecule has 0 radical (unpaired) electrons. The largest absolute Gasteiger partial charge is 0.427 e. The second-order valence-corrected chi connectivity index (χ2v) is 12.2. The van der Waals surface area contributed by atoms with Crippen LogP contribution in [0.5, 0.6) is 5.75 Å². The number of primary sulfonamides is 1. The summed E-state index contributed by atoms with van der Waals surface area (Å²) in [6.45, 7) is 1.08. The second-order valence-electron chi connectivity index (χ2n) is 8.74. The van der Waals surface area contributed by atoms with Gasteiger partial charge in [0.05, 0.1) is 21.9 Å². The Hall–Kier alpha value is -3.91. The van der Waals surface area contributed by atoms with Crippen LogP contribution in [-0.4, -0.2) is 51.5 Å². The van der Waals surface area contributed by atoms with E-state index in [-0.39, 0.29) is 40.6 Å². The minimum atomic E-state index is -4.21. The van der Waals surface area contributed by atoms with E-state index < -0.39 is 43.9 Å². The van der Waals surface area contributed by atoms with Crippen molar-refractivity contribution in [2.24, 2.45) is 5.14 Å². The number of benzene rings is 3. The lowest BCUT2D eigenvalue weighted by Gasteiger charge is -2.27. The number of ether oxygens (including phenoxy) is 1. The molecule has 1 saturated heterocycles. The van der Waals surface area contributed by atoms with Crippen molar-refractivity contribution in [2.45, 2.75) is 35.6 Å². The normalized spacial score (nSPS) is 16.1. The van der Waals surface area contributed by atoms with Crippen LogP contribution >= 0.6 is 0 Å². The molecule has 3 aromatic rings. The van der Waals surface area contributed by atoms with E-state index in [2.05, 4.69) is 0 Å². The SMILES string of the molecule is CC(=O)Oc1ccc(N2C(=O)CC(N(CCc3ccc(S(N)(=O)=O)cc3)S(=O)(=O)c3ccccc3)C2=O)cc1. The molecule has 0 saturated carbocycles. The monoisotopic (exact) mass is 571 g/mol. The molecule has 1 heterocycles. The third-order valence-corrected chi connectivity index (χ3v) is 8.90. The number of carbonyl (C=O) groups is 3. The van der Waals surface area contributed by atoms with E-state index in [1.54, 1.807) is 18.2 Å². The number of hydrogen-bond acceptors (Lipinski definition) is 8. The van der Waals surface area contributed by atoms with Gasteiger partial charge in [-0.3, -0.25) is 14.4 Å². The van der Waals surface area contributed by atoms with Crippen LogP contribution in [0, 0.1) is 0 Å². The minimum Gasteiger partial charge on any atom is -0.427 e. The Balaban J connectivity index is 1.64. The van der Waals surface area contributed by atoms with Crippen LogP contribution in [0.15, 0.2) is 88.7 Å². The van der Waals surface area contributed by atoms with E-state index in [0.717, 1.165) is 9.21 Å². The summed E-state index contributed by atoms with van der Waals surface area (Å²) in [5, 5.41) is 5.14. The molecule has 1 aliphatic rings. The van der Waals surface area contributed by atoms with Crippen LogP contribution in [0.25, 0.3) is 0 Å². The van der Waals surface area contributed by atoms with E-state index in [1.807, 2.05) is 0 Å². The lowest BCUT2D eigenvalue weighted by molar-refractivity contribution is -0.132. The Morgan fingerprint density at radius 2 is 1.54 bits per heavy atom. The number of amides is 2. The summed E-state index contributed by atoms with van der Waals surface area (Å²) in [6, 6.07) is 17.6. The fourth-order valence-electron chi connectivity index (χ4n) is 4.20. The predicted molar refractivity (Wildman–Crippen MR) is 141 cm³/mol. The van der Waals surface area contributed by atoms with E-state index in [1.165, 1.54) is 67.6 Å². The first-order valence-corrected chi connectivity index (χ1v) is 14.7. The van der Waals surface area contributed by atoms with Crippen LogP contribution < -0.4 is 14.8 Å². The molecule has 1 fully saturated rings. The van der Waals surface area contributed by atoms with Gasteiger partial charge in [0, 0.05) is 13.5 Å². The average Bonchev–Trinajstić information content (AvgIpc) is 3.17. The van der Waals surface area contributed by atoms with Crippen LogP contribution in [0.3, 0.4) is 0 Å². The Morgan fingerprint density at radius 1 is 0.923 bits per heavy atom. The zero-order valence-corrected chi connectivity index (χ0v) is 22.4. The maximum Gasteiger partial charge on any atom is 0.308 e. The molecule has 11 nitrogen and oxygen atoms in total. The predicted octanol–water partition coefficient (Wildman–Crippen LogP) is 1.82. The Kier molecular flexibility index (Phi) is 7.97. The highest BCUT2D eigenvalue weighted by molar-refractivity contribution is 7.89. The minimum absolute atomic E-state index is 0.0426. The molecule has 2 amide bonds. The van der Waals surface area contributed by atoms with Crippen molar-refractivity contribution in [3.8, 4) is 5.75 Å². The molecule has 0 aromatic heterocycles. The number of anilines is 1. The highest BCUT2D eigenvalue weighted by Crippen LogP contribution is 2.30. The average molecular weight is 572 g/mol. The molecular weight excluding hydrogens is 546 g/mol. The molecule has 0 bridgehead atoms. The molecule has 1 aliphatic heterocycles. The molecule has 0 spiro atoms. The van der Waals surface area contributed by atoms with Gasteiger partial charge in [-0.15, -0.1) is 0 Å². The standard InChI is InChI=1S/C26H25N3O8S2/c1-18(30)37-21-11-9-20(10-12-21)29-25(31)17-24(26(29)32)28(39(35,36)23-5-3-2-4-6-23)16-15-19-7-13-22(14-8-19)38(27,33)34/h2-14,24H,15-17H2,1H3,(H2,27,33,34). The summed E-state index contributed by atoms with van der Waals surface area (Å²) < 4.78 is 56.4. The van der Waals surface area contributed by atoms with E-state index >= 15 is 0 Å². The van der Waals surface area contributed by atoms with Gasteiger partial charge in [-0.25, -0.2) is 26.9 Å². The Morgan fingerprint density at radius 3 is 2.10 bits per heavy atom. The van der Waals surface area contributed by atoms with Gasteiger partial charge in [0.15, 0.2) is 0 Å². The third-order valence-electron chi connectivity index (χ3n) is 6.05. The fraction of sp³-hybridized carbons (Fsp3) is 0.192. The van der Waals surface area contributed by atoms with Crippen molar-refractivity contribution in [3.63, 3.8) is 0 Å². The molecule has 2 N–H and O–H groups in total. The molecule has 1 atom stereocenters. The first-order chi connectivity index (χ1) is 18.4. The highest BCUT2D eigenvalue weighted by Gasteiger charge is 2.46. The molecule has 13 heteroatoms. The number of rotatable bonds is 9. The summed E-state index contributed by atoms with van der Waals surface area (Å²) in [4.78, 5) is 38.4. The Labute approximate surface area is 225 Å². The van der Waals surface area contributed by atoms with Crippen LogP contribution in [0.1, 0.15) is 18.9 Å². The maximum atomic E-state index is 13.7. The summed E-state index contributed by atoms with van der Waals surface area (Å²) in [6.07, 6.45) is -0.243. The summed E-state index contributed by atoms with van der Waals surface area (Å²) in [7, 11) is -8.10. The smallest absolute Gasteiger partial charge is 0.308 e. The van der Waals surface area contributed by atoms with Gasteiger partial charge in [0.25, 0.3) is 5.91 Å². The van der Waals surface area contributed by atoms with Gasteiger partial charge in [-0.1, -0.05) is 30.3 Å². The van der Waals surface area contributed by atoms with Crippen molar-refractivity contribution >= 4 is 43.5 Å². The van der Waals surface area contributed by atoms with E-state index in [0.29, 0.717) is 5.56 Å². The topological polar surface area (TPSA) is 161 Å². The van der Waals surface area contributed by atoms with Crippen LogP contribution in [0.4, 0.5) is 5.69 Å². The third kappa shape index (κ3) is 6.23. The molecular formula is C26H25N3O8S2. The molecule has 4 rings (SSSR count). The number of carbonyl (C=O) groups excluding carboxylic acids is 3. The zero-order chi connectivity index (χ0) is 28.4. The van der Waals surface area contributed by atoms with Crippen molar-refractivity contribution in [1.29, 1.82) is 0 Å². The van der Waals surface area contributed by atoms with Gasteiger partial charge in [-0.05, 0) is 60.5 Å². The van der Waals surface area contributed by atoms with Crippen LogP contribution in [-0.2, 0) is 40.9 Å². The molecule has 3 aromatic carbocycles. The van der Waals surface area contributed by atoms with E-state index in [9.17, 15) is 31.2 Å². The van der Waals surface area contributed by atoms with Gasteiger partial charge < -0.3 is 4.74 Å². The molecule has 0 aliphatic carbocycles. The number of esters is 1. The van der Waals surface area contributed by atoms with Crippen molar-refractivity contribution in [1.82, 2.24) is 4.31 Å². The van der Waals surface area contributed by atoms with Gasteiger partial charge in [0.2, 0.25) is 26.0 Å². The summed E-state index contributed by atoms with van der Waals surface area (Å²) in [5.41, 5.74) is 0.810. The van der Waals surface area contributed by atoms with Gasteiger partial charge >= 0.3 is 5.97 Å². The quantitative estimate of drug-likeness (QED) is 0.231. The Bertz CT molecular complexity index is 1610. The van der Waals surface area contributed by atoms with Crippen molar-refractivity contribution in [3.05, 3.63) is 84.4 Å². The van der Waals surface area contributed by atoms with Gasteiger partial charge in [-0.2, -0.15) is 4.31 Å². The van der Waals surface area contributed by atoms with Gasteiger partial charge in [0.1, 0.15) is 11.8 Å². The lowest BCUT2D eigenvalue weighted by atomic mass is 10.1. The number of imide groups is 1. The number of hydrogen-bond donors (Lipinski definition) is 1. The number of nitrogens with two attached hydrogens (primary N) is 1. The zero-order valence-electron chi connectivity index (χ0n) is 20.8. The second kappa shape index (κ2) is 11.1. The first kappa shape index (κ1) is 28.1. The van der Waals surface area contributed by atoms with E-state index in [4.69, 9.17) is 9.88 Å². The highest BCUT2D eigenvalue weighted by atomic mass is 32.2. The number of nitrogens with zero attached hydrogens (tertiary/aromatic N) is 2. The maximum absolute atomic E-state index is 13.7. The fourth-order valence-corrected chi connectivity index (χ4v) is 6.32.